The van der Waals surface area contributed by atoms with Crippen molar-refractivity contribution in [2.45, 2.75) is 25.2 Å². The van der Waals surface area contributed by atoms with Crippen LogP contribution in [0, 0.1) is 0 Å². The molecule has 0 spiro atoms. The monoisotopic (exact) mass is 284 g/mol. The fourth-order valence-corrected chi connectivity index (χ4v) is 1.65. The zero-order chi connectivity index (χ0) is 15.1. The summed E-state index contributed by atoms with van der Waals surface area (Å²) in [7, 11) is 0. The van der Waals surface area contributed by atoms with E-state index in [-0.39, 0.29) is 12.4 Å². The molecule has 0 aliphatic rings. The molecule has 0 fully saturated rings. The summed E-state index contributed by atoms with van der Waals surface area (Å²) >= 11 is 0. The van der Waals surface area contributed by atoms with Crippen LogP contribution in [0.1, 0.15) is 12.5 Å². The van der Waals surface area contributed by atoms with Crippen molar-refractivity contribution >= 4 is 5.76 Å². The van der Waals surface area contributed by atoms with Gasteiger partial charge in [0.15, 0.2) is 11.5 Å². The average Bonchev–Trinajstić information content (AvgIpc) is 2.50. The van der Waals surface area contributed by atoms with E-state index in [0.717, 1.165) is 0 Å². The second kappa shape index (κ2) is 7.86. The standard InChI is InChI=1S/C14H20O6/c1-2-20-14(9-6-4-3-5-7-9)13(19)12(18)11(17)10(16)8-15/h3-7,10-12,15-19H,2,8H2,1H3/t10-,11+,12-/m1/s1. The largest absolute Gasteiger partial charge is 0.506 e. The number of ether oxygens (including phenoxy) is 1. The third-order valence-electron chi connectivity index (χ3n) is 2.74. The first-order valence-electron chi connectivity index (χ1n) is 6.29. The van der Waals surface area contributed by atoms with Gasteiger partial charge in [0.1, 0.15) is 18.3 Å². The Balaban J connectivity index is 3.09. The van der Waals surface area contributed by atoms with Crippen LogP contribution in [0.25, 0.3) is 5.76 Å². The maximum absolute atomic E-state index is 10.0. The summed E-state index contributed by atoms with van der Waals surface area (Å²) in [5, 5.41) is 47.5. The summed E-state index contributed by atoms with van der Waals surface area (Å²) in [5.74, 6) is -0.581. The SMILES string of the molecule is CCOC(=C(O)[C@H](O)[C@@H](O)[C@H](O)CO)c1ccccc1. The van der Waals surface area contributed by atoms with Crippen molar-refractivity contribution in [3.8, 4) is 0 Å². The Morgan fingerprint density at radius 3 is 2.25 bits per heavy atom. The van der Waals surface area contributed by atoms with Crippen LogP contribution in [0.3, 0.4) is 0 Å². The maximum atomic E-state index is 10.0. The molecule has 3 atom stereocenters. The van der Waals surface area contributed by atoms with E-state index < -0.39 is 30.7 Å². The highest BCUT2D eigenvalue weighted by atomic mass is 16.5. The van der Waals surface area contributed by atoms with E-state index in [0.29, 0.717) is 5.56 Å². The van der Waals surface area contributed by atoms with Gasteiger partial charge in [-0.15, -0.1) is 0 Å². The van der Waals surface area contributed by atoms with Gasteiger partial charge >= 0.3 is 0 Å². The van der Waals surface area contributed by atoms with Crippen molar-refractivity contribution in [2.75, 3.05) is 13.2 Å². The summed E-state index contributed by atoms with van der Waals surface area (Å²) < 4.78 is 5.29. The van der Waals surface area contributed by atoms with Gasteiger partial charge in [0.25, 0.3) is 0 Å². The highest BCUT2D eigenvalue weighted by molar-refractivity contribution is 5.62. The van der Waals surface area contributed by atoms with E-state index in [1.54, 1.807) is 37.3 Å². The molecular formula is C14H20O6. The molecule has 112 valence electrons. The number of rotatable bonds is 7. The molecule has 0 heterocycles. The molecule has 20 heavy (non-hydrogen) atoms. The van der Waals surface area contributed by atoms with E-state index >= 15 is 0 Å². The second-order valence-electron chi connectivity index (χ2n) is 4.20. The van der Waals surface area contributed by atoms with Crippen molar-refractivity contribution in [1.29, 1.82) is 0 Å². The summed E-state index contributed by atoms with van der Waals surface area (Å²) in [4.78, 5) is 0. The molecule has 5 N–H and O–H groups in total. The second-order valence-corrected chi connectivity index (χ2v) is 4.20. The first-order valence-corrected chi connectivity index (χ1v) is 6.29. The quantitative estimate of drug-likeness (QED) is 0.452. The average molecular weight is 284 g/mol. The number of aliphatic hydroxyl groups excluding tert-OH is 5. The minimum Gasteiger partial charge on any atom is -0.506 e. The lowest BCUT2D eigenvalue weighted by Gasteiger charge is -2.23. The van der Waals surface area contributed by atoms with E-state index in [9.17, 15) is 20.4 Å². The predicted octanol–water partition coefficient (Wildman–Crippen LogP) is 0.0247. The molecule has 1 aromatic carbocycles. The van der Waals surface area contributed by atoms with E-state index in [2.05, 4.69) is 0 Å². The number of benzene rings is 1. The Kier molecular flexibility index (Phi) is 6.47. The molecule has 0 aliphatic heterocycles. The van der Waals surface area contributed by atoms with Crippen LogP contribution < -0.4 is 0 Å². The van der Waals surface area contributed by atoms with Crippen molar-refractivity contribution in [1.82, 2.24) is 0 Å². The molecule has 6 heteroatoms. The Bertz CT molecular complexity index is 431. The molecule has 0 unspecified atom stereocenters. The van der Waals surface area contributed by atoms with Crippen molar-refractivity contribution in [3.63, 3.8) is 0 Å². The lowest BCUT2D eigenvalue weighted by molar-refractivity contribution is -0.0746. The van der Waals surface area contributed by atoms with Crippen LogP contribution in [0.5, 0.6) is 0 Å². The van der Waals surface area contributed by atoms with Crippen LogP contribution >= 0.6 is 0 Å². The van der Waals surface area contributed by atoms with Gasteiger partial charge in [0, 0.05) is 5.56 Å². The van der Waals surface area contributed by atoms with Gasteiger partial charge in [-0.3, -0.25) is 0 Å². The smallest absolute Gasteiger partial charge is 0.166 e. The summed E-state index contributed by atoms with van der Waals surface area (Å²) in [6, 6.07) is 8.58. The van der Waals surface area contributed by atoms with Gasteiger partial charge in [-0.25, -0.2) is 0 Å². The van der Waals surface area contributed by atoms with E-state index in [1.165, 1.54) is 0 Å². The summed E-state index contributed by atoms with van der Waals surface area (Å²) in [5.41, 5.74) is 0.525. The number of aliphatic hydroxyl groups is 5. The molecule has 0 aliphatic carbocycles. The van der Waals surface area contributed by atoms with Gasteiger partial charge in [-0.05, 0) is 6.92 Å². The van der Waals surface area contributed by atoms with Crippen molar-refractivity contribution in [2.24, 2.45) is 0 Å². The molecule has 0 amide bonds. The molecule has 0 radical (unpaired) electrons. The lowest BCUT2D eigenvalue weighted by atomic mass is 10.0. The molecule has 6 nitrogen and oxygen atoms in total. The van der Waals surface area contributed by atoms with Crippen LogP contribution in [-0.4, -0.2) is 57.1 Å². The molecular weight excluding hydrogens is 264 g/mol. The van der Waals surface area contributed by atoms with Gasteiger partial charge in [0.2, 0.25) is 0 Å². The zero-order valence-electron chi connectivity index (χ0n) is 11.2. The van der Waals surface area contributed by atoms with Crippen LogP contribution in [0.15, 0.2) is 36.1 Å². The molecule has 1 aromatic rings. The Morgan fingerprint density at radius 1 is 1.15 bits per heavy atom. The van der Waals surface area contributed by atoms with Gasteiger partial charge in [-0.1, -0.05) is 30.3 Å². The van der Waals surface area contributed by atoms with Crippen LogP contribution in [0.4, 0.5) is 0 Å². The molecule has 1 rings (SSSR count). The molecule has 0 saturated heterocycles. The predicted molar refractivity (Wildman–Crippen MR) is 72.7 cm³/mol. The fourth-order valence-electron chi connectivity index (χ4n) is 1.65. The van der Waals surface area contributed by atoms with Gasteiger partial charge in [-0.2, -0.15) is 0 Å². The zero-order valence-corrected chi connectivity index (χ0v) is 11.2. The third kappa shape index (κ3) is 3.94. The van der Waals surface area contributed by atoms with E-state index in [4.69, 9.17) is 9.84 Å². The van der Waals surface area contributed by atoms with E-state index in [1.807, 2.05) is 0 Å². The third-order valence-corrected chi connectivity index (χ3v) is 2.74. The number of hydrogen-bond donors (Lipinski definition) is 5. The van der Waals surface area contributed by atoms with Crippen molar-refractivity contribution in [3.05, 3.63) is 41.7 Å². The normalized spacial score (nSPS) is 17.1. The maximum Gasteiger partial charge on any atom is 0.166 e. The Hall–Kier alpha value is -1.60. The van der Waals surface area contributed by atoms with Crippen LogP contribution in [-0.2, 0) is 4.74 Å². The Labute approximate surface area is 117 Å². The number of hydrogen-bond acceptors (Lipinski definition) is 6. The topological polar surface area (TPSA) is 110 Å². The highest BCUT2D eigenvalue weighted by Crippen LogP contribution is 2.22. The highest BCUT2D eigenvalue weighted by Gasteiger charge is 2.30. The first kappa shape index (κ1) is 16.5. The lowest BCUT2D eigenvalue weighted by Crippen LogP contribution is -2.40. The molecule has 0 aromatic heterocycles. The van der Waals surface area contributed by atoms with Crippen LogP contribution in [0.2, 0.25) is 0 Å². The first-order chi connectivity index (χ1) is 9.52. The fraction of sp³-hybridized carbons (Fsp3) is 0.429. The summed E-state index contributed by atoms with van der Waals surface area (Å²) in [6.07, 6.45) is -5.05. The van der Waals surface area contributed by atoms with Gasteiger partial charge < -0.3 is 30.3 Å². The molecule has 0 saturated carbocycles. The van der Waals surface area contributed by atoms with Crippen molar-refractivity contribution < 1.29 is 30.3 Å². The minimum absolute atomic E-state index is 0.0183. The summed E-state index contributed by atoms with van der Waals surface area (Å²) in [6.45, 7) is 1.22. The Morgan fingerprint density at radius 2 is 1.75 bits per heavy atom. The minimum atomic E-state index is -1.76. The van der Waals surface area contributed by atoms with Gasteiger partial charge in [0.05, 0.1) is 13.2 Å². The molecule has 0 bridgehead atoms.